The first-order valence-corrected chi connectivity index (χ1v) is 6.49. The second-order valence-corrected chi connectivity index (χ2v) is 4.49. The van der Waals surface area contributed by atoms with Gasteiger partial charge in [0.2, 0.25) is 0 Å². The number of hydrogen-bond donors (Lipinski definition) is 1. The molecule has 122 valence electrons. The van der Waals surface area contributed by atoms with Crippen LogP contribution in [0.1, 0.15) is 15.9 Å². The number of pyridine rings is 1. The van der Waals surface area contributed by atoms with E-state index in [4.69, 9.17) is 4.74 Å². The van der Waals surface area contributed by atoms with Gasteiger partial charge in [0.05, 0.1) is 13.3 Å². The zero-order chi connectivity index (χ0) is 16.9. The number of aromatic nitrogens is 1. The van der Waals surface area contributed by atoms with E-state index in [1.807, 2.05) is 0 Å². The van der Waals surface area contributed by atoms with E-state index in [1.54, 1.807) is 12.3 Å². The highest BCUT2D eigenvalue weighted by Gasteiger charge is 2.31. The first kappa shape index (κ1) is 16.6. The Morgan fingerprint density at radius 1 is 1.17 bits per heavy atom. The SMILES string of the molecule is COc1cncc(CNC(=O)c2ccc(OC(F)(F)F)cc2)c1. The largest absolute Gasteiger partial charge is 0.573 e. The molecule has 0 unspecified atom stereocenters. The molecule has 1 aromatic heterocycles. The van der Waals surface area contributed by atoms with Crippen LogP contribution in [0.2, 0.25) is 0 Å². The van der Waals surface area contributed by atoms with Gasteiger partial charge in [-0.1, -0.05) is 0 Å². The molecule has 0 fully saturated rings. The van der Waals surface area contributed by atoms with Gasteiger partial charge >= 0.3 is 6.36 Å². The van der Waals surface area contributed by atoms with Crippen LogP contribution in [0.3, 0.4) is 0 Å². The van der Waals surface area contributed by atoms with Crippen molar-refractivity contribution >= 4 is 5.91 Å². The number of amides is 1. The molecule has 0 aliphatic rings. The number of benzene rings is 1. The molecule has 1 heterocycles. The van der Waals surface area contributed by atoms with Crippen LogP contribution in [0.5, 0.6) is 11.5 Å². The highest BCUT2D eigenvalue weighted by Crippen LogP contribution is 2.22. The molecule has 1 aromatic carbocycles. The average Bonchev–Trinajstić information content (AvgIpc) is 2.52. The minimum atomic E-state index is -4.76. The van der Waals surface area contributed by atoms with Crippen LogP contribution in [0.4, 0.5) is 13.2 Å². The lowest BCUT2D eigenvalue weighted by Gasteiger charge is -2.09. The highest BCUT2D eigenvalue weighted by atomic mass is 19.4. The summed E-state index contributed by atoms with van der Waals surface area (Å²) < 4.78 is 44.9. The minimum absolute atomic E-state index is 0.212. The molecule has 1 amide bonds. The van der Waals surface area contributed by atoms with Crippen LogP contribution < -0.4 is 14.8 Å². The van der Waals surface area contributed by atoms with Gasteiger partial charge in [-0.3, -0.25) is 9.78 Å². The fourth-order valence-corrected chi connectivity index (χ4v) is 1.76. The van der Waals surface area contributed by atoms with Crippen molar-refractivity contribution in [1.29, 1.82) is 0 Å². The van der Waals surface area contributed by atoms with Gasteiger partial charge in [0.15, 0.2) is 0 Å². The quantitative estimate of drug-likeness (QED) is 0.918. The van der Waals surface area contributed by atoms with Gasteiger partial charge in [0.25, 0.3) is 5.91 Å². The summed E-state index contributed by atoms with van der Waals surface area (Å²) in [6.07, 6.45) is -1.66. The Bertz CT molecular complexity index is 672. The molecule has 2 aromatic rings. The fraction of sp³-hybridized carbons (Fsp3) is 0.200. The molecular weight excluding hydrogens is 313 g/mol. The summed E-state index contributed by atoms with van der Waals surface area (Å²) in [5.74, 6) is -0.247. The maximum Gasteiger partial charge on any atom is 0.573 e. The van der Waals surface area contributed by atoms with Crippen molar-refractivity contribution < 1.29 is 27.4 Å². The monoisotopic (exact) mass is 326 g/mol. The van der Waals surface area contributed by atoms with Crippen molar-refractivity contribution in [2.24, 2.45) is 0 Å². The van der Waals surface area contributed by atoms with Crippen LogP contribution in [0.15, 0.2) is 42.7 Å². The highest BCUT2D eigenvalue weighted by molar-refractivity contribution is 5.94. The van der Waals surface area contributed by atoms with E-state index in [2.05, 4.69) is 15.0 Å². The standard InChI is InChI=1S/C15H13F3N2O3/c1-22-13-6-10(7-19-9-13)8-20-14(21)11-2-4-12(5-3-11)23-15(16,17)18/h2-7,9H,8H2,1H3,(H,20,21). The number of nitrogens with one attached hydrogen (secondary N) is 1. The molecule has 0 aliphatic carbocycles. The third-order valence-corrected chi connectivity index (χ3v) is 2.81. The van der Waals surface area contributed by atoms with E-state index >= 15 is 0 Å². The summed E-state index contributed by atoms with van der Waals surface area (Å²) in [5, 5.41) is 2.64. The number of alkyl halides is 3. The Morgan fingerprint density at radius 2 is 1.87 bits per heavy atom. The summed E-state index contributed by atoms with van der Waals surface area (Å²) in [6, 6.07) is 6.37. The Hall–Kier alpha value is -2.77. The van der Waals surface area contributed by atoms with Crippen molar-refractivity contribution in [3.63, 3.8) is 0 Å². The average molecular weight is 326 g/mol. The molecule has 5 nitrogen and oxygen atoms in total. The van der Waals surface area contributed by atoms with Crippen LogP contribution >= 0.6 is 0 Å². The zero-order valence-electron chi connectivity index (χ0n) is 12.1. The normalized spacial score (nSPS) is 11.0. The number of ether oxygens (including phenoxy) is 2. The van der Waals surface area contributed by atoms with Crippen molar-refractivity contribution in [3.05, 3.63) is 53.9 Å². The Balaban J connectivity index is 1.95. The van der Waals surface area contributed by atoms with E-state index in [1.165, 1.54) is 25.4 Å². The topological polar surface area (TPSA) is 60.5 Å². The van der Waals surface area contributed by atoms with E-state index < -0.39 is 12.3 Å². The van der Waals surface area contributed by atoms with Crippen molar-refractivity contribution in [2.45, 2.75) is 12.9 Å². The lowest BCUT2D eigenvalue weighted by atomic mass is 10.2. The van der Waals surface area contributed by atoms with Crippen LogP contribution in [0.25, 0.3) is 0 Å². The van der Waals surface area contributed by atoms with Crippen molar-refractivity contribution in [2.75, 3.05) is 7.11 Å². The predicted molar refractivity (Wildman–Crippen MR) is 75.1 cm³/mol. The zero-order valence-corrected chi connectivity index (χ0v) is 12.1. The van der Waals surface area contributed by atoms with Gasteiger partial charge in [-0.05, 0) is 35.9 Å². The lowest BCUT2D eigenvalue weighted by Crippen LogP contribution is -2.23. The smallest absolute Gasteiger partial charge is 0.495 e. The lowest BCUT2D eigenvalue weighted by molar-refractivity contribution is -0.274. The molecule has 8 heteroatoms. The van der Waals surface area contributed by atoms with Gasteiger partial charge in [0, 0.05) is 18.3 Å². The number of methoxy groups -OCH3 is 1. The van der Waals surface area contributed by atoms with E-state index in [-0.39, 0.29) is 17.9 Å². The predicted octanol–water partition coefficient (Wildman–Crippen LogP) is 2.92. The number of nitrogens with zero attached hydrogens (tertiary/aromatic N) is 1. The van der Waals surface area contributed by atoms with Crippen LogP contribution in [-0.4, -0.2) is 24.4 Å². The van der Waals surface area contributed by atoms with E-state index in [9.17, 15) is 18.0 Å². The second kappa shape index (κ2) is 6.99. The summed E-state index contributed by atoms with van der Waals surface area (Å²) in [6.45, 7) is 0.212. The number of hydrogen-bond acceptors (Lipinski definition) is 4. The molecule has 0 spiro atoms. The Morgan fingerprint density at radius 3 is 2.48 bits per heavy atom. The van der Waals surface area contributed by atoms with Gasteiger partial charge in [-0.25, -0.2) is 0 Å². The molecule has 0 bridgehead atoms. The number of halogens is 3. The summed E-state index contributed by atoms with van der Waals surface area (Å²) in [7, 11) is 1.50. The summed E-state index contributed by atoms with van der Waals surface area (Å²) in [4.78, 5) is 15.9. The Labute approximate surface area is 130 Å². The van der Waals surface area contributed by atoms with Crippen molar-refractivity contribution in [3.8, 4) is 11.5 Å². The number of carbonyl (C=O) groups is 1. The van der Waals surface area contributed by atoms with Gasteiger partial charge in [-0.15, -0.1) is 13.2 Å². The maximum atomic E-state index is 12.1. The van der Waals surface area contributed by atoms with Crippen LogP contribution in [-0.2, 0) is 6.54 Å². The molecule has 0 aliphatic heterocycles. The molecule has 0 saturated heterocycles. The molecule has 2 rings (SSSR count). The molecule has 0 saturated carbocycles. The minimum Gasteiger partial charge on any atom is -0.495 e. The van der Waals surface area contributed by atoms with Crippen molar-refractivity contribution in [1.82, 2.24) is 10.3 Å². The second-order valence-electron chi connectivity index (χ2n) is 4.49. The fourth-order valence-electron chi connectivity index (χ4n) is 1.76. The number of carbonyl (C=O) groups excluding carboxylic acids is 1. The molecule has 1 N–H and O–H groups in total. The maximum absolute atomic E-state index is 12.1. The van der Waals surface area contributed by atoms with Gasteiger partial charge in [-0.2, -0.15) is 0 Å². The van der Waals surface area contributed by atoms with Gasteiger partial charge in [0.1, 0.15) is 11.5 Å². The summed E-state index contributed by atoms with van der Waals surface area (Å²) >= 11 is 0. The molecule has 23 heavy (non-hydrogen) atoms. The van der Waals surface area contributed by atoms with E-state index in [0.717, 1.165) is 17.7 Å². The van der Waals surface area contributed by atoms with Crippen LogP contribution in [0, 0.1) is 0 Å². The summed E-state index contributed by atoms with van der Waals surface area (Å²) in [5.41, 5.74) is 0.949. The first-order valence-electron chi connectivity index (χ1n) is 6.49. The van der Waals surface area contributed by atoms with E-state index in [0.29, 0.717) is 5.75 Å². The first-order chi connectivity index (χ1) is 10.9. The third kappa shape index (κ3) is 5.17. The third-order valence-electron chi connectivity index (χ3n) is 2.81. The molecule has 0 atom stereocenters. The number of rotatable bonds is 5. The Kier molecular flexibility index (Phi) is 5.05. The molecule has 0 radical (unpaired) electrons. The van der Waals surface area contributed by atoms with Gasteiger partial charge < -0.3 is 14.8 Å². The molecular formula is C15H13F3N2O3.